The summed E-state index contributed by atoms with van der Waals surface area (Å²) < 4.78 is 0. The zero-order chi connectivity index (χ0) is 16.3. The fourth-order valence-corrected chi connectivity index (χ4v) is 2.16. The lowest BCUT2D eigenvalue weighted by atomic mass is 9.96. The number of rotatable bonds is 4. The number of nitrogens with one attached hydrogen (secondary N) is 1. The molecule has 0 saturated heterocycles. The van der Waals surface area contributed by atoms with Crippen LogP contribution < -0.4 is 5.32 Å². The summed E-state index contributed by atoms with van der Waals surface area (Å²) in [6.07, 6.45) is 0. The predicted molar refractivity (Wildman–Crippen MR) is 82.3 cm³/mol. The minimum atomic E-state index is -1.17. The Morgan fingerprint density at radius 2 is 1.59 bits per heavy atom. The molecule has 0 atom stereocenters. The van der Waals surface area contributed by atoms with Crippen LogP contribution in [0.1, 0.15) is 38.8 Å². The van der Waals surface area contributed by atoms with Gasteiger partial charge in [-0.05, 0) is 30.7 Å². The topological polar surface area (TPSA) is 83.5 Å². The molecule has 0 fully saturated rings. The molecule has 0 aliphatic rings. The maximum absolute atomic E-state index is 12.7. The fraction of sp³-hybridized carbons (Fsp3) is 0.118. The monoisotopic (exact) mass is 297 g/mol. The molecule has 0 aliphatic heterocycles. The van der Waals surface area contributed by atoms with Gasteiger partial charge in [-0.1, -0.05) is 24.3 Å². The molecule has 112 valence electrons. The molecule has 0 radical (unpaired) electrons. The van der Waals surface area contributed by atoms with Gasteiger partial charge in [-0.2, -0.15) is 0 Å². The summed E-state index contributed by atoms with van der Waals surface area (Å²) in [4.78, 5) is 35.2. The van der Waals surface area contributed by atoms with Gasteiger partial charge < -0.3 is 10.4 Å². The van der Waals surface area contributed by atoms with Gasteiger partial charge in [0.15, 0.2) is 5.78 Å². The molecule has 0 saturated carbocycles. The number of carboxylic acids is 1. The maximum atomic E-state index is 12.7. The predicted octanol–water partition coefficient (Wildman–Crippen LogP) is 2.88. The fourth-order valence-electron chi connectivity index (χ4n) is 2.16. The van der Waals surface area contributed by atoms with Crippen LogP contribution in [0.4, 0.5) is 5.69 Å². The summed E-state index contributed by atoms with van der Waals surface area (Å²) >= 11 is 0. The molecule has 0 aromatic heterocycles. The number of aromatic carboxylic acids is 1. The SMILES string of the molecule is CC(=O)Nc1cc(C)ccc1C(=O)c1ccccc1C(=O)O. The van der Waals surface area contributed by atoms with Gasteiger partial charge in [-0.25, -0.2) is 4.79 Å². The quantitative estimate of drug-likeness (QED) is 0.850. The number of carbonyl (C=O) groups is 3. The van der Waals surface area contributed by atoms with Crippen molar-refractivity contribution in [1.29, 1.82) is 0 Å². The van der Waals surface area contributed by atoms with Crippen LogP contribution in [0.25, 0.3) is 0 Å². The minimum absolute atomic E-state index is 0.0677. The van der Waals surface area contributed by atoms with E-state index in [1.54, 1.807) is 30.3 Å². The van der Waals surface area contributed by atoms with Gasteiger partial charge in [0.2, 0.25) is 5.91 Å². The number of hydrogen-bond donors (Lipinski definition) is 2. The van der Waals surface area contributed by atoms with Gasteiger partial charge in [-0.3, -0.25) is 9.59 Å². The zero-order valence-corrected chi connectivity index (χ0v) is 12.2. The molecule has 0 heterocycles. The van der Waals surface area contributed by atoms with E-state index in [-0.39, 0.29) is 22.6 Å². The standard InChI is InChI=1S/C17H15NO4/c1-10-7-8-14(15(9-10)18-11(2)19)16(20)12-5-3-4-6-13(12)17(21)22/h3-9H,1-2H3,(H,18,19)(H,21,22). The van der Waals surface area contributed by atoms with Crippen LogP contribution in [0, 0.1) is 6.92 Å². The molecule has 0 unspecified atom stereocenters. The van der Waals surface area contributed by atoms with Crippen LogP contribution in [0.2, 0.25) is 0 Å². The zero-order valence-electron chi connectivity index (χ0n) is 12.2. The number of anilines is 1. The van der Waals surface area contributed by atoms with Crippen molar-refractivity contribution >= 4 is 23.3 Å². The Morgan fingerprint density at radius 1 is 0.955 bits per heavy atom. The van der Waals surface area contributed by atoms with Gasteiger partial charge in [0.05, 0.1) is 11.3 Å². The summed E-state index contributed by atoms with van der Waals surface area (Å²) in [5.41, 5.74) is 1.53. The lowest BCUT2D eigenvalue weighted by Crippen LogP contribution is -2.14. The average molecular weight is 297 g/mol. The molecule has 2 aromatic rings. The van der Waals surface area contributed by atoms with E-state index in [2.05, 4.69) is 5.32 Å². The first-order chi connectivity index (χ1) is 10.4. The van der Waals surface area contributed by atoms with Gasteiger partial charge in [0.25, 0.3) is 0 Å². The molecule has 1 amide bonds. The Kier molecular flexibility index (Phi) is 4.36. The second-order valence-corrected chi connectivity index (χ2v) is 4.91. The summed E-state index contributed by atoms with van der Waals surface area (Å²) in [7, 11) is 0. The van der Waals surface area contributed by atoms with Crippen LogP contribution >= 0.6 is 0 Å². The number of ketones is 1. The highest BCUT2D eigenvalue weighted by atomic mass is 16.4. The van der Waals surface area contributed by atoms with E-state index in [0.29, 0.717) is 5.69 Å². The van der Waals surface area contributed by atoms with Gasteiger partial charge in [0.1, 0.15) is 0 Å². The normalized spacial score (nSPS) is 10.1. The van der Waals surface area contributed by atoms with Crippen LogP contribution in [-0.4, -0.2) is 22.8 Å². The molecule has 22 heavy (non-hydrogen) atoms. The number of hydrogen-bond acceptors (Lipinski definition) is 3. The Labute approximate surface area is 127 Å². The van der Waals surface area contributed by atoms with Crippen molar-refractivity contribution in [2.75, 3.05) is 5.32 Å². The summed E-state index contributed by atoms with van der Waals surface area (Å²) in [6, 6.07) is 11.0. The van der Waals surface area contributed by atoms with Gasteiger partial charge >= 0.3 is 5.97 Å². The lowest BCUT2D eigenvalue weighted by Gasteiger charge is -2.11. The van der Waals surface area contributed by atoms with E-state index in [1.165, 1.54) is 19.1 Å². The van der Waals surface area contributed by atoms with E-state index >= 15 is 0 Å². The van der Waals surface area contributed by atoms with Crippen molar-refractivity contribution in [1.82, 2.24) is 0 Å². The van der Waals surface area contributed by atoms with E-state index in [0.717, 1.165) is 5.56 Å². The number of carboxylic acid groups (broad SMARTS) is 1. The molecule has 2 rings (SSSR count). The smallest absolute Gasteiger partial charge is 0.336 e. The maximum Gasteiger partial charge on any atom is 0.336 e. The highest BCUT2D eigenvalue weighted by Crippen LogP contribution is 2.23. The second kappa shape index (κ2) is 6.22. The van der Waals surface area contributed by atoms with Crippen LogP contribution in [-0.2, 0) is 4.79 Å². The van der Waals surface area contributed by atoms with E-state index < -0.39 is 11.8 Å². The van der Waals surface area contributed by atoms with Crippen LogP contribution in [0.3, 0.4) is 0 Å². The molecule has 0 bridgehead atoms. The van der Waals surface area contributed by atoms with Crippen molar-refractivity contribution in [3.05, 3.63) is 64.7 Å². The third kappa shape index (κ3) is 3.20. The number of amides is 1. The van der Waals surface area contributed by atoms with Gasteiger partial charge in [-0.15, -0.1) is 0 Å². The Hall–Kier alpha value is -2.95. The van der Waals surface area contributed by atoms with Crippen LogP contribution in [0.15, 0.2) is 42.5 Å². The molecule has 0 aliphatic carbocycles. The molecule has 5 heteroatoms. The third-order valence-corrected chi connectivity index (χ3v) is 3.13. The molecule has 0 spiro atoms. The lowest BCUT2D eigenvalue weighted by molar-refractivity contribution is -0.114. The van der Waals surface area contributed by atoms with E-state index in [9.17, 15) is 19.5 Å². The van der Waals surface area contributed by atoms with Gasteiger partial charge in [0, 0.05) is 18.1 Å². The third-order valence-electron chi connectivity index (χ3n) is 3.13. The van der Waals surface area contributed by atoms with Crippen LogP contribution in [0.5, 0.6) is 0 Å². The Bertz CT molecular complexity index is 765. The minimum Gasteiger partial charge on any atom is -0.478 e. The number of benzene rings is 2. The van der Waals surface area contributed by atoms with E-state index in [1.807, 2.05) is 6.92 Å². The summed E-state index contributed by atoms with van der Waals surface area (Å²) in [6.45, 7) is 3.19. The number of carbonyl (C=O) groups excluding carboxylic acids is 2. The van der Waals surface area contributed by atoms with Crippen molar-refractivity contribution in [3.8, 4) is 0 Å². The highest BCUT2D eigenvalue weighted by molar-refractivity contribution is 6.17. The molecule has 2 N–H and O–H groups in total. The Balaban J connectivity index is 2.55. The summed E-state index contributed by atoms with van der Waals surface area (Å²) in [5, 5.41) is 11.8. The van der Waals surface area contributed by atoms with Crippen molar-refractivity contribution in [2.45, 2.75) is 13.8 Å². The molecular formula is C17H15NO4. The molecular weight excluding hydrogens is 282 g/mol. The first-order valence-corrected chi connectivity index (χ1v) is 6.65. The van der Waals surface area contributed by atoms with E-state index in [4.69, 9.17) is 0 Å². The van der Waals surface area contributed by atoms with Crippen molar-refractivity contribution in [2.24, 2.45) is 0 Å². The Morgan fingerprint density at radius 3 is 2.18 bits per heavy atom. The molecule has 5 nitrogen and oxygen atoms in total. The first kappa shape index (κ1) is 15.4. The number of aryl methyl sites for hydroxylation is 1. The summed E-state index contributed by atoms with van der Waals surface area (Å²) in [5.74, 6) is -1.91. The van der Waals surface area contributed by atoms with Crippen molar-refractivity contribution in [3.63, 3.8) is 0 Å². The molecule has 2 aromatic carbocycles. The van der Waals surface area contributed by atoms with Crippen molar-refractivity contribution < 1.29 is 19.5 Å². The second-order valence-electron chi connectivity index (χ2n) is 4.91. The average Bonchev–Trinajstić information content (AvgIpc) is 2.46. The largest absolute Gasteiger partial charge is 0.478 e. The highest BCUT2D eigenvalue weighted by Gasteiger charge is 2.20. The first-order valence-electron chi connectivity index (χ1n) is 6.65.